The molecule has 0 radical (unpaired) electrons. The molecular formula is C14H17BrN2O2S. The van der Waals surface area contributed by atoms with Crippen LogP contribution >= 0.6 is 15.9 Å². The van der Waals surface area contributed by atoms with Crippen molar-refractivity contribution in [2.75, 3.05) is 0 Å². The van der Waals surface area contributed by atoms with Gasteiger partial charge in [-0.1, -0.05) is 24.6 Å². The van der Waals surface area contributed by atoms with Crippen molar-refractivity contribution in [3.05, 3.63) is 52.3 Å². The third-order valence-corrected chi connectivity index (χ3v) is 5.31. The van der Waals surface area contributed by atoms with E-state index >= 15 is 0 Å². The molecule has 1 atom stereocenters. The summed E-state index contributed by atoms with van der Waals surface area (Å²) in [6.45, 7) is 3.84. The Morgan fingerprint density at radius 1 is 1.30 bits per heavy atom. The van der Waals surface area contributed by atoms with Crippen molar-refractivity contribution in [3.8, 4) is 0 Å². The Morgan fingerprint density at radius 3 is 2.45 bits per heavy atom. The lowest BCUT2D eigenvalue weighted by molar-refractivity contribution is 0.578. The van der Waals surface area contributed by atoms with E-state index in [0.717, 1.165) is 5.56 Å². The van der Waals surface area contributed by atoms with Crippen molar-refractivity contribution in [1.82, 2.24) is 3.97 Å². The second-order valence-electron chi connectivity index (χ2n) is 4.71. The highest BCUT2D eigenvalue weighted by atomic mass is 79.9. The quantitative estimate of drug-likeness (QED) is 0.914. The largest absolute Gasteiger partial charge is 0.323 e. The van der Waals surface area contributed by atoms with Gasteiger partial charge < -0.3 is 5.73 Å². The zero-order chi connectivity index (χ0) is 14.9. The Balaban J connectivity index is 2.57. The molecule has 2 aromatic rings. The minimum absolute atomic E-state index is 0.260. The maximum atomic E-state index is 12.7. The minimum atomic E-state index is -3.61. The van der Waals surface area contributed by atoms with Gasteiger partial charge in [0.05, 0.1) is 10.6 Å². The van der Waals surface area contributed by atoms with Crippen LogP contribution in [0.15, 0.2) is 45.9 Å². The van der Waals surface area contributed by atoms with Gasteiger partial charge in [0.2, 0.25) is 0 Å². The molecule has 4 nitrogen and oxygen atoms in total. The molecule has 0 aliphatic heterocycles. The highest BCUT2D eigenvalue weighted by Crippen LogP contribution is 2.26. The fourth-order valence-electron chi connectivity index (χ4n) is 1.94. The van der Waals surface area contributed by atoms with Gasteiger partial charge in [0.15, 0.2) is 0 Å². The lowest BCUT2D eigenvalue weighted by Gasteiger charge is -2.14. The summed E-state index contributed by atoms with van der Waals surface area (Å²) in [4.78, 5) is 0.260. The molecule has 1 aromatic heterocycles. The summed E-state index contributed by atoms with van der Waals surface area (Å²) in [6.07, 6.45) is 2.21. The lowest BCUT2D eigenvalue weighted by atomic mass is 10.2. The fourth-order valence-corrected chi connectivity index (χ4v) is 3.94. The summed E-state index contributed by atoms with van der Waals surface area (Å²) in [7, 11) is -3.61. The summed E-state index contributed by atoms with van der Waals surface area (Å²) in [6, 6.07) is 8.22. The molecular weight excluding hydrogens is 340 g/mol. The predicted octanol–water partition coefficient (Wildman–Crippen LogP) is 3.21. The number of nitrogens with zero attached hydrogens (tertiary/aromatic N) is 1. The van der Waals surface area contributed by atoms with Crippen LogP contribution in [0, 0.1) is 6.92 Å². The van der Waals surface area contributed by atoms with E-state index in [1.54, 1.807) is 36.5 Å². The number of hydrogen-bond donors (Lipinski definition) is 1. The number of benzene rings is 1. The van der Waals surface area contributed by atoms with Gasteiger partial charge in [-0.05, 0) is 47.5 Å². The van der Waals surface area contributed by atoms with Crippen molar-refractivity contribution in [1.29, 1.82) is 0 Å². The van der Waals surface area contributed by atoms with Crippen LogP contribution in [0.1, 0.15) is 30.6 Å². The number of hydrogen-bond acceptors (Lipinski definition) is 3. The van der Waals surface area contributed by atoms with Crippen LogP contribution in [0.25, 0.3) is 0 Å². The first-order valence-corrected chi connectivity index (χ1v) is 8.55. The van der Waals surface area contributed by atoms with Gasteiger partial charge in [-0.2, -0.15) is 0 Å². The smallest absolute Gasteiger partial charge is 0.267 e. The van der Waals surface area contributed by atoms with Crippen LogP contribution in [0.4, 0.5) is 0 Å². The molecule has 2 rings (SSSR count). The summed E-state index contributed by atoms with van der Waals surface area (Å²) >= 11 is 3.32. The van der Waals surface area contributed by atoms with E-state index in [9.17, 15) is 8.42 Å². The Hall–Kier alpha value is -1.11. The zero-order valence-corrected chi connectivity index (χ0v) is 13.8. The van der Waals surface area contributed by atoms with E-state index in [2.05, 4.69) is 15.9 Å². The fraction of sp³-hybridized carbons (Fsp3) is 0.286. The van der Waals surface area contributed by atoms with E-state index in [1.807, 2.05) is 13.8 Å². The van der Waals surface area contributed by atoms with Crippen LogP contribution in [-0.4, -0.2) is 12.4 Å². The SMILES string of the molecule is CC[C@H](N)c1cc(Br)cn1S(=O)(=O)c1ccc(C)cc1. The number of aromatic nitrogens is 1. The molecule has 1 heterocycles. The van der Waals surface area contributed by atoms with E-state index in [4.69, 9.17) is 5.73 Å². The molecule has 0 aliphatic carbocycles. The van der Waals surface area contributed by atoms with Gasteiger partial charge in [0, 0.05) is 16.7 Å². The van der Waals surface area contributed by atoms with Gasteiger partial charge >= 0.3 is 0 Å². The lowest BCUT2D eigenvalue weighted by Crippen LogP contribution is -2.20. The highest BCUT2D eigenvalue weighted by molar-refractivity contribution is 9.10. The summed E-state index contributed by atoms with van der Waals surface area (Å²) in [5.41, 5.74) is 7.60. The molecule has 0 bridgehead atoms. The summed E-state index contributed by atoms with van der Waals surface area (Å²) in [5.74, 6) is 0. The van der Waals surface area contributed by atoms with Crippen molar-refractivity contribution in [2.45, 2.75) is 31.2 Å². The van der Waals surface area contributed by atoms with Gasteiger partial charge in [-0.3, -0.25) is 0 Å². The standard InChI is InChI=1S/C14H17BrN2O2S/c1-3-13(16)14-8-11(15)9-17(14)20(18,19)12-6-4-10(2)5-7-12/h4-9,13H,3,16H2,1-2H3/t13-/m0/s1. The van der Waals surface area contributed by atoms with Crippen LogP contribution in [0.5, 0.6) is 0 Å². The average Bonchev–Trinajstić information content (AvgIpc) is 2.81. The third kappa shape index (κ3) is 2.82. The monoisotopic (exact) mass is 356 g/mol. The van der Waals surface area contributed by atoms with Crippen LogP contribution < -0.4 is 5.73 Å². The first kappa shape index (κ1) is 15.3. The molecule has 0 amide bonds. The second-order valence-corrected chi connectivity index (χ2v) is 7.44. The van der Waals surface area contributed by atoms with Crippen molar-refractivity contribution < 1.29 is 8.42 Å². The molecule has 0 unspecified atom stereocenters. The highest BCUT2D eigenvalue weighted by Gasteiger charge is 2.22. The van der Waals surface area contributed by atoms with Gasteiger partial charge in [-0.25, -0.2) is 12.4 Å². The van der Waals surface area contributed by atoms with E-state index < -0.39 is 10.0 Å². The van der Waals surface area contributed by atoms with Gasteiger partial charge in [-0.15, -0.1) is 0 Å². The minimum Gasteiger partial charge on any atom is -0.323 e. The molecule has 0 aliphatic rings. The number of aryl methyl sites for hydroxylation is 1. The Bertz CT molecular complexity index is 705. The van der Waals surface area contributed by atoms with Gasteiger partial charge in [0.1, 0.15) is 0 Å². The van der Waals surface area contributed by atoms with Crippen LogP contribution in [0.2, 0.25) is 0 Å². The maximum Gasteiger partial charge on any atom is 0.267 e. The first-order valence-electron chi connectivity index (χ1n) is 6.32. The van der Waals surface area contributed by atoms with E-state index in [-0.39, 0.29) is 10.9 Å². The maximum absolute atomic E-state index is 12.7. The Labute approximate surface area is 127 Å². The second kappa shape index (κ2) is 5.71. The van der Waals surface area contributed by atoms with E-state index in [1.165, 1.54) is 3.97 Å². The molecule has 0 spiro atoms. The zero-order valence-electron chi connectivity index (χ0n) is 11.4. The number of rotatable bonds is 4. The van der Waals surface area contributed by atoms with Crippen molar-refractivity contribution >= 4 is 26.0 Å². The molecule has 0 saturated carbocycles. The normalized spacial score (nSPS) is 13.4. The first-order chi connectivity index (χ1) is 9.36. The third-order valence-electron chi connectivity index (χ3n) is 3.18. The van der Waals surface area contributed by atoms with Crippen LogP contribution in [-0.2, 0) is 10.0 Å². The molecule has 1 aromatic carbocycles. The topological polar surface area (TPSA) is 65.1 Å². The van der Waals surface area contributed by atoms with Crippen molar-refractivity contribution in [3.63, 3.8) is 0 Å². The average molecular weight is 357 g/mol. The summed E-state index contributed by atoms with van der Waals surface area (Å²) in [5, 5.41) is 0. The number of halogens is 1. The van der Waals surface area contributed by atoms with Crippen LogP contribution in [0.3, 0.4) is 0 Å². The van der Waals surface area contributed by atoms with Crippen molar-refractivity contribution in [2.24, 2.45) is 5.73 Å². The molecule has 108 valence electrons. The molecule has 6 heteroatoms. The molecule has 2 N–H and O–H groups in total. The van der Waals surface area contributed by atoms with Gasteiger partial charge in [0.25, 0.3) is 10.0 Å². The molecule has 20 heavy (non-hydrogen) atoms. The van der Waals surface area contributed by atoms with E-state index in [0.29, 0.717) is 16.6 Å². The molecule has 0 saturated heterocycles. The Kier molecular flexibility index (Phi) is 4.36. The number of nitrogens with two attached hydrogens (primary N) is 1. The Morgan fingerprint density at radius 2 is 1.90 bits per heavy atom. The predicted molar refractivity (Wildman–Crippen MR) is 83.1 cm³/mol. The molecule has 0 fully saturated rings. The summed E-state index contributed by atoms with van der Waals surface area (Å²) < 4.78 is 27.3.